The van der Waals surface area contributed by atoms with Crippen molar-refractivity contribution >= 4 is 5.91 Å². The highest BCUT2D eigenvalue weighted by molar-refractivity contribution is 5.82. The van der Waals surface area contributed by atoms with E-state index in [2.05, 4.69) is 10.2 Å². The van der Waals surface area contributed by atoms with Crippen LogP contribution in [-0.2, 0) is 17.8 Å². The summed E-state index contributed by atoms with van der Waals surface area (Å²) in [7, 11) is 1.79. The van der Waals surface area contributed by atoms with Crippen molar-refractivity contribution in [1.82, 2.24) is 15.1 Å². The number of aromatic amines is 1. The Labute approximate surface area is 146 Å². The third kappa shape index (κ3) is 3.13. The van der Waals surface area contributed by atoms with Gasteiger partial charge in [0.25, 0.3) is 5.91 Å². The number of amides is 1. The van der Waals surface area contributed by atoms with Gasteiger partial charge in [-0.3, -0.25) is 9.89 Å². The number of nitrogens with zero attached hydrogens (tertiary/aromatic N) is 2. The van der Waals surface area contributed by atoms with Crippen LogP contribution in [0, 0.1) is 0 Å². The van der Waals surface area contributed by atoms with E-state index in [1.165, 1.54) is 0 Å². The van der Waals surface area contributed by atoms with E-state index in [0.29, 0.717) is 13.0 Å². The zero-order chi connectivity index (χ0) is 17.2. The van der Waals surface area contributed by atoms with Gasteiger partial charge in [0.1, 0.15) is 5.75 Å². The molecule has 4 rings (SSSR count). The van der Waals surface area contributed by atoms with Crippen molar-refractivity contribution in [1.29, 1.82) is 0 Å². The lowest BCUT2D eigenvalue weighted by molar-refractivity contribution is -0.137. The molecule has 0 bridgehead atoms. The second-order valence-electron chi connectivity index (χ2n) is 6.26. The molecule has 0 fully saturated rings. The Bertz CT molecular complexity index is 864. The van der Waals surface area contributed by atoms with Crippen LogP contribution < -0.4 is 4.74 Å². The van der Waals surface area contributed by atoms with Gasteiger partial charge in [-0.2, -0.15) is 5.10 Å². The number of hydrogen-bond donors (Lipinski definition) is 1. The monoisotopic (exact) mass is 333 g/mol. The van der Waals surface area contributed by atoms with Gasteiger partial charge in [0, 0.05) is 19.0 Å². The van der Waals surface area contributed by atoms with E-state index < -0.39 is 6.10 Å². The molecular formula is C20H19N3O2. The molecule has 5 heteroatoms. The molecule has 2 heterocycles. The molecule has 0 spiro atoms. The fourth-order valence-electron chi connectivity index (χ4n) is 3.10. The van der Waals surface area contributed by atoms with Crippen LogP contribution in [0.15, 0.2) is 60.7 Å². The molecule has 1 atom stereocenters. The van der Waals surface area contributed by atoms with Gasteiger partial charge in [0.15, 0.2) is 6.10 Å². The lowest BCUT2D eigenvalue weighted by Crippen LogP contribution is -2.38. The number of rotatable bonds is 4. The van der Waals surface area contributed by atoms with Gasteiger partial charge >= 0.3 is 0 Å². The quantitative estimate of drug-likeness (QED) is 0.798. The number of hydrogen-bond acceptors (Lipinski definition) is 3. The Morgan fingerprint density at radius 1 is 1.20 bits per heavy atom. The molecule has 1 aromatic heterocycles. The number of nitrogens with one attached hydrogen (secondary N) is 1. The predicted octanol–water partition coefficient (Wildman–Crippen LogP) is 3.04. The van der Waals surface area contributed by atoms with E-state index >= 15 is 0 Å². The highest BCUT2D eigenvalue weighted by atomic mass is 16.5. The summed E-state index contributed by atoms with van der Waals surface area (Å²) in [5.74, 6) is 0.786. The second kappa shape index (κ2) is 6.43. The van der Waals surface area contributed by atoms with Crippen LogP contribution >= 0.6 is 0 Å². The number of H-pyrrole nitrogens is 1. The molecule has 126 valence electrons. The number of carbonyl (C=O) groups is 1. The van der Waals surface area contributed by atoms with Crippen LogP contribution in [0.3, 0.4) is 0 Å². The van der Waals surface area contributed by atoms with Gasteiger partial charge in [-0.15, -0.1) is 0 Å². The van der Waals surface area contributed by atoms with Crippen molar-refractivity contribution in [2.45, 2.75) is 19.1 Å². The minimum atomic E-state index is -0.445. The summed E-state index contributed by atoms with van der Waals surface area (Å²) in [5, 5.41) is 7.35. The fraction of sp³-hybridized carbons (Fsp3) is 0.200. The van der Waals surface area contributed by atoms with E-state index in [1.54, 1.807) is 11.9 Å². The van der Waals surface area contributed by atoms with Gasteiger partial charge in [-0.05, 0) is 17.7 Å². The first kappa shape index (κ1) is 15.4. The Balaban J connectivity index is 1.42. The van der Waals surface area contributed by atoms with Crippen molar-refractivity contribution < 1.29 is 9.53 Å². The molecule has 0 saturated carbocycles. The summed E-state index contributed by atoms with van der Waals surface area (Å²) in [5.41, 5.74) is 3.90. The molecule has 3 aromatic rings. The topological polar surface area (TPSA) is 58.2 Å². The minimum absolute atomic E-state index is 0.0212. The summed E-state index contributed by atoms with van der Waals surface area (Å²) >= 11 is 0. The number of para-hydroxylation sites is 1. The molecule has 1 aliphatic heterocycles. The van der Waals surface area contributed by atoms with E-state index in [4.69, 9.17) is 4.74 Å². The molecule has 0 unspecified atom stereocenters. The SMILES string of the molecule is CN(Cc1cc(-c2ccccc2)n[nH]1)C(=O)[C@@H]1Cc2ccccc2O1. The van der Waals surface area contributed by atoms with E-state index in [0.717, 1.165) is 28.3 Å². The summed E-state index contributed by atoms with van der Waals surface area (Å²) < 4.78 is 5.79. The van der Waals surface area contributed by atoms with Crippen LogP contribution in [-0.4, -0.2) is 34.2 Å². The molecule has 25 heavy (non-hydrogen) atoms. The maximum Gasteiger partial charge on any atom is 0.264 e. The van der Waals surface area contributed by atoms with Crippen molar-refractivity contribution in [2.75, 3.05) is 7.05 Å². The van der Waals surface area contributed by atoms with Crippen molar-refractivity contribution in [2.24, 2.45) is 0 Å². The summed E-state index contributed by atoms with van der Waals surface area (Å²) in [6.07, 6.45) is 0.177. The molecule has 2 aromatic carbocycles. The first-order valence-corrected chi connectivity index (χ1v) is 8.30. The zero-order valence-electron chi connectivity index (χ0n) is 14.0. The fourth-order valence-corrected chi connectivity index (χ4v) is 3.10. The average Bonchev–Trinajstić information content (AvgIpc) is 3.28. The summed E-state index contributed by atoms with van der Waals surface area (Å²) in [4.78, 5) is 14.3. The van der Waals surface area contributed by atoms with E-state index in [-0.39, 0.29) is 5.91 Å². The summed E-state index contributed by atoms with van der Waals surface area (Å²) in [6.45, 7) is 0.467. The maximum atomic E-state index is 12.7. The zero-order valence-corrected chi connectivity index (χ0v) is 14.0. The number of fused-ring (bicyclic) bond motifs is 1. The lowest BCUT2D eigenvalue weighted by Gasteiger charge is -2.20. The molecule has 0 saturated heterocycles. The van der Waals surface area contributed by atoms with Crippen LogP contribution in [0.2, 0.25) is 0 Å². The molecule has 1 N–H and O–H groups in total. The van der Waals surface area contributed by atoms with Gasteiger partial charge in [-0.25, -0.2) is 0 Å². The molecule has 1 aliphatic rings. The molecule has 0 aliphatic carbocycles. The third-order valence-electron chi connectivity index (χ3n) is 4.41. The predicted molar refractivity (Wildman–Crippen MR) is 95.1 cm³/mol. The van der Waals surface area contributed by atoms with Gasteiger partial charge in [0.05, 0.1) is 17.9 Å². The Morgan fingerprint density at radius 3 is 2.76 bits per heavy atom. The van der Waals surface area contributed by atoms with Crippen LogP contribution in [0.1, 0.15) is 11.3 Å². The highest BCUT2D eigenvalue weighted by Crippen LogP contribution is 2.29. The van der Waals surface area contributed by atoms with Crippen molar-refractivity contribution in [3.05, 3.63) is 71.9 Å². The van der Waals surface area contributed by atoms with Crippen LogP contribution in [0.5, 0.6) is 5.75 Å². The second-order valence-corrected chi connectivity index (χ2v) is 6.26. The first-order valence-electron chi connectivity index (χ1n) is 8.30. The Kier molecular flexibility index (Phi) is 3.98. The highest BCUT2D eigenvalue weighted by Gasteiger charge is 2.31. The van der Waals surface area contributed by atoms with Crippen LogP contribution in [0.4, 0.5) is 0 Å². The number of benzene rings is 2. The van der Waals surface area contributed by atoms with E-state index in [9.17, 15) is 4.79 Å². The molecular weight excluding hydrogens is 314 g/mol. The molecule has 1 amide bonds. The number of carbonyl (C=O) groups excluding carboxylic acids is 1. The number of aromatic nitrogens is 2. The smallest absolute Gasteiger partial charge is 0.264 e. The number of ether oxygens (including phenoxy) is 1. The van der Waals surface area contributed by atoms with Gasteiger partial charge in [-0.1, -0.05) is 48.5 Å². The summed E-state index contributed by atoms with van der Waals surface area (Å²) in [6, 6.07) is 19.7. The maximum absolute atomic E-state index is 12.7. The standard InChI is InChI=1S/C20H19N3O2/c1-23(20(24)19-11-15-9-5-6-10-18(15)25-19)13-16-12-17(22-21-16)14-7-3-2-4-8-14/h2-10,12,19H,11,13H2,1H3,(H,21,22)/t19-/m0/s1. The molecule has 5 nitrogen and oxygen atoms in total. The van der Waals surface area contributed by atoms with Gasteiger partial charge < -0.3 is 9.64 Å². The van der Waals surface area contributed by atoms with Crippen molar-refractivity contribution in [3.8, 4) is 17.0 Å². The minimum Gasteiger partial charge on any atom is -0.480 e. The third-order valence-corrected chi connectivity index (χ3v) is 4.41. The lowest BCUT2D eigenvalue weighted by atomic mass is 10.1. The van der Waals surface area contributed by atoms with Crippen LogP contribution in [0.25, 0.3) is 11.3 Å². The van der Waals surface area contributed by atoms with Crippen molar-refractivity contribution in [3.63, 3.8) is 0 Å². The average molecular weight is 333 g/mol. The Hall–Kier alpha value is -3.08. The number of likely N-dealkylation sites (N-methyl/N-ethyl adjacent to an activating group) is 1. The largest absolute Gasteiger partial charge is 0.480 e. The van der Waals surface area contributed by atoms with E-state index in [1.807, 2.05) is 60.7 Å². The Morgan fingerprint density at radius 2 is 1.96 bits per heavy atom. The van der Waals surface area contributed by atoms with Gasteiger partial charge in [0.2, 0.25) is 0 Å². The first-order chi connectivity index (χ1) is 12.2. The normalized spacial score (nSPS) is 15.5. The molecule has 0 radical (unpaired) electrons.